The molecule has 0 amide bonds. The maximum absolute atomic E-state index is 11.0. The molecule has 1 fully saturated rings. The van der Waals surface area contributed by atoms with E-state index in [1.54, 1.807) is 11.3 Å². The van der Waals surface area contributed by atoms with Crippen molar-refractivity contribution in [3.8, 4) is 11.4 Å². The number of hydrogen-bond donors (Lipinski definition) is 1. The molecule has 2 aromatic rings. The lowest BCUT2D eigenvalue weighted by Crippen LogP contribution is -2.42. The predicted molar refractivity (Wildman–Crippen MR) is 77.8 cm³/mol. The molecule has 6 nitrogen and oxygen atoms in total. The normalized spacial score (nSPS) is 23.3. The summed E-state index contributed by atoms with van der Waals surface area (Å²) < 4.78 is 5.30. The fourth-order valence-corrected chi connectivity index (χ4v) is 3.32. The zero-order chi connectivity index (χ0) is 14.8. The van der Waals surface area contributed by atoms with E-state index in [0.29, 0.717) is 31.1 Å². The van der Waals surface area contributed by atoms with Crippen LogP contribution in [0.2, 0.25) is 0 Å². The molecule has 0 aliphatic carbocycles. The summed E-state index contributed by atoms with van der Waals surface area (Å²) in [5, 5.41) is 17.0. The molecule has 112 valence electrons. The summed E-state index contributed by atoms with van der Waals surface area (Å²) in [5.74, 6) is 0.260. The molecule has 3 rings (SSSR count). The lowest BCUT2D eigenvalue weighted by molar-refractivity contribution is -0.144. The number of piperidine rings is 1. The summed E-state index contributed by atoms with van der Waals surface area (Å²) >= 11 is 1.59. The van der Waals surface area contributed by atoms with Crippen LogP contribution in [0.3, 0.4) is 0 Å². The molecular formula is C14H17N3O3S. The van der Waals surface area contributed by atoms with Crippen LogP contribution < -0.4 is 0 Å². The Labute approximate surface area is 126 Å². The minimum atomic E-state index is -0.695. The Morgan fingerprint density at radius 2 is 2.48 bits per heavy atom. The number of aromatic nitrogens is 2. The monoisotopic (exact) mass is 307 g/mol. The topological polar surface area (TPSA) is 79.5 Å². The highest BCUT2D eigenvalue weighted by molar-refractivity contribution is 7.08. The number of likely N-dealkylation sites (tertiary alicyclic amines) is 1. The smallest absolute Gasteiger partial charge is 0.306 e. The van der Waals surface area contributed by atoms with Gasteiger partial charge in [0.25, 0.3) is 0 Å². The van der Waals surface area contributed by atoms with Crippen LogP contribution >= 0.6 is 11.3 Å². The van der Waals surface area contributed by atoms with E-state index < -0.39 is 5.97 Å². The summed E-state index contributed by atoms with van der Waals surface area (Å²) in [5.41, 5.74) is 0.965. The minimum Gasteiger partial charge on any atom is -0.481 e. The number of thiophene rings is 1. The van der Waals surface area contributed by atoms with Gasteiger partial charge in [0.15, 0.2) is 0 Å². The van der Waals surface area contributed by atoms with Gasteiger partial charge < -0.3 is 9.63 Å². The average molecular weight is 307 g/mol. The van der Waals surface area contributed by atoms with Crippen molar-refractivity contribution < 1.29 is 14.4 Å². The number of nitrogens with zero attached hydrogens (tertiary/aromatic N) is 3. The third-order valence-corrected chi connectivity index (χ3v) is 4.63. The molecule has 7 heteroatoms. The molecule has 0 radical (unpaired) electrons. The lowest BCUT2D eigenvalue weighted by atomic mass is 9.92. The summed E-state index contributed by atoms with van der Waals surface area (Å²) in [7, 11) is 0. The van der Waals surface area contributed by atoms with Gasteiger partial charge in [-0.1, -0.05) is 5.16 Å². The molecule has 0 aromatic carbocycles. The van der Waals surface area contributed by atoms with Gasteiger partial charge in [-0.15, -0.1) is 0 Å². The van der Waals surface area contributed by atoms with Gasteiger partial charge in [-0.3, -0.25) is 9.69 Å². The quantitative estimate of drug-likeness (QED) is 0.935. The van der Waals surface area contributed by atoms with E-state index in [1.165, 1.54) is 0 Å². The summed E-state index contributed by atoms with van der Waals surface area (Å²) in [4.78, 5) is 17.6. The molecule has 21 heavy (non-hydrogen) atoms. The highest BCUT2D eigenvalue weighted by Crippen LogP contribution is 2.25. The molecule has 2 aromatic heterocycles. The molecule has 0 saturated carbocycles. The van der Waals surface area contributed by atoms with Crippen LogP contribution in [0.25, 0.3) is 11.4 Å². The van der Waals surface area contributed by atoms with Crippen molar-refractivity contribution in [3.63, 3.8) is 0 Å². The maximum atomic E-state index is 11.0. The van der Waals surface area contributed by atoms with Gasteiger partial charge in [0.05, 0.1) is 12.5 Å². The average Bonchev–Trinajstić information content (AvgIpc) is 3.11. The summed E-state index contributed by atoms with van der Waals surface area (Å²) in [6.45, 7) is 3.37. The molecule has 1 aliphatic rings. The van der Waals surface area contributed by atoms with Crippen LogP contribution in [0.5, 0.6) is 0 Å². The van der Waals surface area contributed by atoms with E-state index in [1.807, 2.05) is 23.8 Å². The second kappa shape index (κ2) is 5.95. The van der Waals surface area contributed by atoms with Crippen molar-refractivity contribution in [3.05, 3.63) is 22.7 Å². The molecule has 1 N–H and O–H groups in total. The van der Waals surface area contributed by atoms with Crippen LogP contribution in [-0.2, 0) is 11.3 Å². The first-order valence-electron chi connectivity index (χ1n) is 6.95. The Balaban J connectivity index is 1.63. The Hall–Kier alpha value is -1.73. The molecular weight excluding hydrogens is 290 g/mol. The van der Waals surface area contributed by atoms with Crippen molar-refractivity contribution in [2.45, 2.75) is 32.4 Å². The molecule has 2 atom stereocenters. The zero-order valence-electron chi connectivity index (χ0n) is 11.7. The van der Waals surface area contributed by atoms with Crippen LogP contribution in [0.4, 0.5) is 0 Å². The van der Waals surface area contributed by atoms with E-state index in [0.717, 1.165) is 12.1 Å². The van der Waals surface area contributed by atoms with Gasteiger partial charge in [-0.2, -0.15) is 16.3 Å². The molecule has 1 aliphatic heterocycles. The van der Waals surface area contributed by atoms with Crippen LogP contribution in [0.1, 0.15) is 25.7 Å². The van der Waals surface area contributed by atoms with Crippen molar-refractivity contribution in [2.75, 3.05) is 6.54 Å². The first kappa shape index (κ1) is 14.2. The van der Waals surface area contributed by atoms with Crippen LogP contribution in [0, 0.1) is 5.92 Å². The zero-order valence-corrected chi connectivity index (χ0v) is 12.5. The second-order valence-electron chi connectivity index (χ2n) is 5.40. The van der Waals surface area contributed by atoms with E-state index in [4.69, 9.17) is 9.63 Å². The largest absolute Gasteiger partial charge is 0.481 e. The van der Waals surface area contributed by atoms with Gasteiger partial charge >= 0.3 is 5.97 Å². The van der Waals surface area contributed by atoms with E-state index >= 15 is 0 Å². The fraction of sp³-hybridized carbons (Fsp3) is 0.500. The number of hydrogen-bond acceptors (Lipinski definition) is 6. The Morgan fingerprint density at radius 3 is 3.14 bits per heavy atom. The van der Waals surface area contributed by atoms with E-state index in [9.17, 15) is 4.79 Å². The van der Waals surface area contributed by atoms with E-state index in [-0.39, 0.29) is 12.0 Å². The standard InChI is InChI=1S/C14H17N3O3S/c1-9-6-10(14(18)19)2-4-17(9)7-12-15-13(16-20-12)11-3-5-21-8-11/h3,5,8-10H,2,4,6-7H2,1H3,(H,18,19). The second-order valence-corrected chi connectivity index (χ2v) is 6.18. The van der Waals surface area contributed by atoms with Gasteiger partial charge in [-0.05, 0) is 37.8 Å². The van der Waals surface area contributed by atoms with E-state index in [2.05, 4.69) is 15.0 Å². The fourth-order valence-electron chi connectivity index (χ4n) is 2.68. The third kappa shape index (κ3) is 3.14. The Morgan fingerprint density at radius 1 is 1.62 bits per heavy atom. The van der Waals surface area contributed by atoms with Crippen molar-refractivity contribution >= 4 is 17.3 Å². The summed E-state index contributed by atoms with van der Waals surface area (Å²) in [6.07, 6.45) is 1.34. The van der Waals surface area contributed by atoms with Crippen LogP contribution in [0.15, 0.2) is 21.3 Å². The molecule has 1 saturated heterocycles. The number of rotatable bonds is 4. The highest BCUT2D eigenvalue weighted by atomic mass is 32.1. The number of carboxylic acid groups (broad SMARTS) is 1. The molecule has 2 unspecified atom stereocenters. The number of aliphatic carboxylic acids is 1. The van der Waals surface area contributed by atoms with Gasteiger partial charge in [-0.25, -0.2) is 0 Å². The highest BCUT2D eigenvalue weighted by Gasteiger charge is 2.30. The van der Waals surface area contributed by atoms with Crippen molar-refractivity contribution in [2.24, 2.45) is 5.92 Å². The van der Waals surface area contributed by atoms with Crippen LogP contribution in [-0.4, -0.2) is 38.7 Å². The van der Waals surface area contributed by atoms with Crippen molar-refractivity contribution in [1.82, 2.24) is 15.0 Å². The SMILES string of the molecule is CC1CC(C(=O)O)CCN1Cc1nc(-c2ccsc2)no1. The predicted octanol–water partition coefficient (Wildman–Crippen LogP) is 2.48. The first-order chi connectivity index (χ1) is 10.1. The van der Waals surface area contributed by atoms with Gasteiger partial charge in [0.1, 0.15) is 0 Å². The maximum Gasteiger partial charge on any atom is 0.306 e. The number of carboxylic acids is 1. The molecule has 0 bridgehead atoms. The third-order valence-electron chi connectivity index (χ3n) is 3.95. The molecule has 3 heterocycles. The number of carbonyl (C=O) groups is 1. The van der Waals surface area contributed by atoms with Gasteiger partial charge in [0.2, 0.25) is 11.7 Å². The van der Waals surface area contributed by atoms with Gasteiger partial charge in [0, 0.05) is 17.0 Å². The summed E-state index contributed by atoms with van der Waals surface area (Å²) in [6, 6.07) is 2.16. The van der Waals surface area contributed by atoms with Crippen molar-refractivity contribution in [1.29, 1.82) is 0 Å². The lowest BCUT2D eigenvalue weighted by Gasteiger charge is -2.35. The Kier molecular flexibility index (Phi) is 4.03. The first-order valence-corrected chi connectivity index (χ1v) is 7.90. The minimum absolute atomic E-state index is 0.205. The molecule has 0 spiro atoms. The Bertz CT molecular complexity index is 611.